The Morgan fingerprint density at radius 3 is 2.37 bits per heavy atom. The zero-order valence-electron chi connectivity index (χ0n) is 24.2. The van der Waals surface area contributed by atoms with Crippen LogP contribution in [0.1, 0.15) is 17.0 Å². The molecule has 0 bridgehead atoms. The van der Waals surface area contributed by atoms with Crippen molar-refractivity contribution in [2.75, 3.05) is 7.11 Å². The van der Waals surface area contributed by atoms with Gasteiger partial charge in [0.2, 0.25) is 0 Å². The summed E-state index contributed by atoms with van der Waals surface area (Å²) < 4.78 is 15.9. The summed E-state index contributed by atoms with van der Waals surface area (Å²) in [5.41, 5.74) is 8.11. The maximum atomic E-state index is 6.36. The number of nitrogens with zero attached hydrogens (tertiary/aromatic N) is 4. The van der Waals surface area contributed by atoms with Crippen molar-refractivity contribution in [1.82, 2.24) is 19.3 Å². The molecule has 7 heteroatoms. The van der Waals surface area contributed by atoms with E-state index in [1.54, 1.807) is 7.11 Å². The number of hydrogen-bond acceptors (Lipinski definition) is 4. The van der Waals surface area contributed by atoms with E-state index in [0.717, 1.165) is 67.1 Å². The predicted octanol–water partition coefficient (Wildman–Crippen LogP) is 8.36. The van der Waals surface area contributed by atoms with Crippen LogP contribution in [-0.4, -0.2) is 26.4 Å². The fourth-order valence-corrected chi connectivity index (χ4v) is 5.61. The van der Waals surface area contributed by atoms with Gasteiger partial charge in [0.1, 0.15) is 11.6 Å². The van der Waals surface area contributed by atoms with E-state index in [1.807, 2.05) is 78.5 Å². The van der Waals surface area contributed by atoms with E-state index in [-0.39, 0.29) is 21.1 Å². The topological polar surface area (TPSA) is 54.1 Å². The first-order valence-electron chi connectivity index (χ1n) is 13.8. The summed E-state index contributed by atoms with van der Waals surface area (Å²) in [6.45, 7) is 6.18. The molecule has 0 aliphatic rings. The molecule has 0 N–H and O–H groups in total. The largest absolute Gasteiger partial charge is 2.00 e. The summed E-state index contributed by atoms with van der Waals surface area (Å²) in [4.78, 5) is 4.68. The smallest absolute Gasteiger partial charge is 0.509 e. The zero-order valence-corrected chi connectivity index (χ0v) is 26.4. The summed E-state index contributed by atoms with van der Waals surface area (Å²) in [6, 6.07) is 37.2. The molecular formula is C36H28N4O2Pt. The van der Waals surface area contributed by atoms with Crippen molar-refractivity contribution in [1.29, 1.82) is 0 Å². The molecule has 0 aliphatic carbocycles. The second kappa shape index (κ2) is 11.5. The third-order valence-electron chi connectivity index (χ3n) is 7.54. The van der Waals surface area contributed by atoms with Gasteiger partial charge in [0.05, 0.1) is 12.8 Å². The Morgan fingerprint density at radius 2 is 1.58 bits per heavy atom. The number of aromatic nitrogens is 4. The molecule has 3 aromatic heterocycles. The Labute approximate surface area is 264 Å². The van der Waals surface area contributed by atoms with Crippen molar-refractivity contribution >= 4 is 21.8 Å². The average molecular weight is 744 g/mol. The molecule has 4 aromatic carbocycles. The molecule has 0 saturated heterocycles. The number of ether oxygens (including phenoxy) is 2. The van der Waals surface area contributed by atoms with Gasteiger partial charge in [0.15, 0.2) is 0 Å². The van der Waals surface area contributed by atoms with Crippen molar-refractivity contribution in [3.8, 4) is 39.9 Å². The average Bonchev–Trinajstić information content (AvgIpc) is 3.49. The molecular weight excluding hydrogens is 716 g/mol. The van der Waals surface area contributed by atoms with Gasteiger partial charge < -0.3 is 14.0 Å². The molecule has 3 heterocycles. The van der Waals surface area contributed by atoms with E-state index in [9.17, 15) is 0 Å². The van der Waals surface area contributed by atoms with E-state index in [0.29, 0.717) is 11.5 Å². The van der Waals surface area contributed by atoms with Crippen molar-refractivity contribution in [3.05, 3.63) is 126 Å². The number of pyridine rings is 1. The first-order valence-corrected chi connectivity index (χ1v) is 13.8. The van der Waals surface area contributed by atoms with Gasteiger partial charge in [-0.05, 0) is 73.3 Å². The molecule has 0 amide bonds. The van der Waals surface area contributed by atoms with Gasteiger partial charge in [-0.3, -0.25) is 4.68 Å². The Kier molecular flexibility index (Phi) is 7.64. The van der Waals surface area contributed by atoms with E-state index in [1.165, 1.54) is 0 Å². The first-order chi connectivity index (χ1) is 20.5. The second-order valence-electron chi connectivity index (χ2n) is 10.3. The Hall–Kier alpha value is -4.67. The van der Waals surface area contributed by atoms with E-state index < -0.39 is 0 Å². The van der Waals surface area contributed by atoms with Crippen LogP contribution >= 0.6 is 0 Å². The standard InChI is InChI=1S/C36H28N4O2.Pt/c1-23-17-18-37-35(19-23)39-33-16-14-28(41-4)21-32(33)31-15-13-30(22-34(31)39)42-29-12-8-11-27(20-29)40-25(3)36(24(2)38-40)26-9-6-5-7-10-26;/h5-19,21H,1-4H3;/q-2;+2. The molecule has 0 saturated carbocycles. The zero-order chi connectivity index (χ0) is 28.8. The van der Waals surface area contributed by atoms with Gasteiger partial charge >= 0.3 is 21.1 Å². The first kappa shape index (κ1) is 28.4. The van der Waals surface area contributed by atoms with Gasteiger partial charge in [0, 0.05) is 34.5 Å². The normalized spacial score (nSPS) is 11.1. The monoisotopic (exact) mass is 743 g/mol. The quantitative estimate of drug-likeness (QED) is 0.161. The fourth-order valence-electron chi connectivity index (χ4n) is 5.61. The Bertz CT molecular complexity index is 2100. The fraction of sp³-hybridized carbons (Fsp3) is 0.111. The summed E-state index contributed by atoms with van der Waals surface area (Å²) >= 11 is 0. The summed E-state index contributed by atoms with van der Waals surface area (Å²) in [6.07, 6.45) is 1.83. The molecule has 0 unspecified atom stereocenters. The van der Waals surface area contributed by atoms with Crippen molar-refractivity contribution in [2.45, 2.75) is 20.8 Å². The van der Waals surface area contributed by atoms with Crippen molar-refractivity contribution in [2.24, 2.45) is 0 Å². The van der Waals surface area contributed by atoms with Gasteiger partial charge in [0.25, 0.3) is 0 Å². The molecule has 0 spiro atoms. The van der Waals surface area contributed by atoms with Crippen LogP contribution < -0.4 is 9.47 Å². The van der Waals surface area contributed by atoms with Gasteiger partial charge in [-0.2, -0.15) is 17.2 Å². The van der Waals surface area contributed by atoms with Crippen LogP contribution in [0, 0.1) is 32.9 Å². The molecule has 6 nitrogen and oxygen atoms in total. The minimum absolute atomic E-state index is 0. The molecule has 0 aliphatic heterocycles. The number of aryl methyl sites for hydroxylation is 2. The SMILES string of the molecule is COc1ccc2c(c1)c1ccc(Oc3[c-]c(-n4nc(C)c(-c5ccccc5)c4C)ccc3)[c-]c1n2-c1cc(C)ccn1.[Pt+2]. The van der Waals surface area contributed by atoms with E-state index >= 15 is 0 Å². The van der Waals surface area contributed by atoms with Crippen LogP contribution in [0.5, 0.6) is 17.2 Å². The molecule has 0 radical (unpaired) electrons. The summed E-state index contributed by atoms with van der Waals surface area (Å²) in [7, 11) is 1.68. The number of hydrogen-bond donors (Lipinski definition) is 0. The summed E-state index contributed by atoms with van der Waals surface area (Å²) in [5.74, 6) is 2.78. The third-order valence-corrected chi connectivity index (χ3v) is 7.54. The minimum atomic E-state index is 0. The van der Waals surface area contributed by atoms with Crippen LogP contribution in [0.25, 0.3) is 44.4 Å². The number of rotatable bonds is 6. The van der Waals surface area contributed by atoms with Crippen LogP contribution in [0.2, 0.25) is 0 Å². The van der Waals surface area contributed by atoms with Gasteiger partial charge in [-0.25, -0.2) is 4.98 Å². The van der Waals surface area contributed by atoms with Crippen molar-refractivity contribution in [3.63, 3.8) is 0 Å². The maximum absolute atomic E-state index is 6.36. The summed E-state index contributed by atoms with van der Waals surface area (Å²) in [5, 5.41) is 6.93. The third kappa shape index (κ3) is 5.13. The van der Waals surface area contributed by atoms with Gasteiger partial charge in [-0.15, -0.1) is 35.7 Å². The van der Waals surface area contributed by atoms with Crippen molar-refractivity contribution < 1.29 is 30.5 Å². The Morgan fingerprint density at radius 1 is 0.767 bits per heavy atom. The minimum Gasteiger partial charge on any atom is -0.509 e. The number of methoxy groups -OCH3 is 1. The van der Waals surface area contributed by atoms with Gasteiger partial charge in [-0.1, -0.05) is 35.8 Å². The van der Waals surface area contributed by atoms with Crippen LogP contribution in [0.3, 0.4) is 0 Å². The Balaban J connectivity index is 0.00000329. The van der Waals surface area contributed by atoms with E-state index in [4.69, 9.17) is 14.6 Å². The number of benzene rings is 4. The van der Waals surface area contributed by atoms with Crippen LogP contribution in [0.15, 0.2) is 97.2 Å². The second-order valence-corrected chi connectivity index (χ2v) is 10.3. The number of fused-ring (bicyclic) bond motifs is 3. The molecule has 214 valence electrons. The van der Waals surface area contributed by atoms with E-state index in [2.05, 4.69) is 65.9 Å². The molecule has 0 atom stereocenters. The van der Waals surface area contributed by atoms with Crippen LogP contribution in [0.4, 0.5) is 0 Å². The molecule has 43 heavy (non-hydrogen) atoms. The molecule has 7 rings (SSSR count). The maximum Gasteiger partial charge on any atom is 2.00 e. The predicted molar refractivity (Wildman–Crippen MR) is 166 cm³/mol. The van der Waals surface area contributed by atoms with Crippen LogP contribution in [-0.2, 0) is 21.1 Å². The molecule has 7 aromatic rings. The molecule has 0 fully saturated rings.